The summed E-state index contributed by atoms with van der Waals surface area (Å²) in [6, 6.07) is 10.0. The first-order valence-corrected chi connectivity index (χ1v) is 4.89. The van der Waals surface area contributed by atoms with Gasteiger partial charge < -0.3 is 0 Å². The van der Waals surface area contributed by atoms with E-state index in [1.165, 1.54) is 12.1 Å². The zero-order chi connectivity index (χ0) is 11.0. The van der Waals surface area contributed by atoms with E-state index in [0.29, 0.717) is 0 Å². The Labute approximate surface area is 91.2 Å². The summed E-state index contributed by atoms with van der Waals surface area (Å²) in [4.78, 5) is 4.17. The van der Waals surface area contributed by atoms with Crippen molar-refractivity contribution in [3.8, 4) is 11.3 Å². The van der Waals surface area contributed by atoms with Gasteiger partial charge in [-0.2, -0.15) is 5.10 Å². The largest absolute Gasteiger partial charge is 0.237 e. The van der Waals surface area contributed by atoms with Crippen LogP contribution in [0.2, 0.25) is 0 Å². The summed E-state index contributed by atoms with van der Waals surface area (Å²) < 4.78 is 14.6. The van der Waals surface area contributed by atoms with Crippen LogP contribution in [-0.4, -0.2) is 14.6 Å². The van der Waals surface area contributed by atoms with E-state index >= 15 is 0 Å². The van der Waals surface area contributed by atoms with E-state index in [9.17, 15) is 4.39 Å². The van der Waals surface area contributed by atoms with Gasteiger partial charge in [0.25, 0.3) is 0 Å². The molecule has 0 spiro atoms. The molecule has 1 aromatic carbocycles. The number of benzene rings is 1. The highest BCUT2D eigenvalue weighted by Gasteiger charge is 2.04. The average molecular weight is 213 g/mol. The van der Waals surface area contributed by atoms with Crippen LogP contribution in [0.5, 0.6) is 0 Å². The standard InChI is InChI=1S/C12H8FN3/c13-10-3-1-9(2-4-10)11-5-7-14-12-6-8-15-16(11)12/h1-8H. The van der Waals surface area contributed by atoms with Crippen molar-refractivity contribution in [2.45, 2.75) is 0 Å². The molecule has 0 aliphatic carbocycles. The van der Waals surface area contributed by atoms with Gasteiger partial charge in [-0.05, 0) is 30.3 Å². The molecule has 0 radical (unpaired) electrons. The maximum absolute atomic E-state index is 12.8. The van der Waals surface area contributed by atoms with Crippen LogP contribution in [0.1, 0.15) is 0 Å². The minimum atomic E-state index is -0.241. The molecule has 0 aliphatic rings. The van der Waals surface area contributed by atoms with Crippen molar-refractivity contribution >= 4 is 5.65 Å². The number of hydrogen-bond donors (Lipinski definition) is 0. The third kappa shape index (κ3) is 1.35. The highest BCUT2D eigenvalue weighted by molar-refractivity contribution is 5.61. The van der Waals surface area contributed by atoms with E-state index in [1.807, 2.05) is 12.1 Å². The normalized spacial score (nSPS) is 10.8. The van der Waals surface area contributed by atoms with Gasteiger partial charge in [0, 0.05) is 17.8 Å². The molecule has 16 heavy (non-hydrogen) atoms. The van der Waals surface area contributed by atoms with Crippen molar-refractivity contribution < 1.29 is 4.39 Å². The molecule has 0 bridgehead atoms. The fourth-order valence-electron chi connectivity index (χ4n) is 1.67. The van der Waals surface area contributed by atoms with Gasteiger partial charge in [-0.15, -0.1) is 0 Å². The Kier molecular flexibility index (Phi) is 1.93. The Balaban J connectivity index is 2.25. The number of aromatic nitrogens is 3. The van der Waals surface area contributed by atoms with Crippen LogP contribution in [-0.2, 0) is 0 Å². The van der Waals surface area contributed by atoms with Crippen molar-refractivity contribution in [3.63, 3.8) is 0 Å². The van der Waals surface area contributed by atoms with E-state index in [4.69, 9.17) is 0 Å². The van der Waals surface area contributed by atoms with Crippen LogP contribution in [0.15, 0.2) is 48.8 Å². The van der Waals surface area contributed by atoms with Gasteiger partial charge in [0.2, 0.25) is 0 Å². The number of nitrogens with zero attached hydrogens (tertiary/aromatic N) is 3. The van der Waals surface area contributed by atoms with Crippen LogP contribution in [0.4, 0.5) is 4.39 Å². The number of fused-ring (bicyclic) bond motifs is 1. The zero-order valence-electron chi connectivity index (χ0n) is 8.34. The SMILES string of the molecule is Fc1ccc(-c2ccnc3ccnn23)cc1. The Morgan fingerprint density at radius 2 is 1.75 bits per heavy atom. The first-order valence-electron chi connectivity index (χ1n) is 4.89. The average Bonchev–Trinajstić information content (AvgIpc) is 2.78. The maximum Gasteiger partial charge on any atom is 0.155 e. The van der Waals surface area contributed by atoms with Gasteiger partial charge in [0.15, 0.2) is 5.65 Å². The maximum atomic E-state index is 12.8. The van der Waals surface area contributed by atoms with E-state index in [0.717, 1.165) is 16.9 Å². The van der Waals surface area contributed by atoms with E-state index in [1.54, 1.807) is 29.0 Å². The lowest BCUT2D eigenvalue weighted by Gasteiger charge is -2.03. The van der Waals surface area contributed by atoms with Gasteiger partial charge in [0.1, 0.15) is 5.82 Å². The summed E-state index contributed by atoms with van der Waals surface area (Å²) in [6.45, 7) is 0. The fourth-order valence-corrected chi connectivity index (χ4v) is 1.67. The second-order valence-electron chi connectivity index (χ2n) is 3.44. The number of halogens is 1. The quantitative estimate of drug-likeness (QED) is 0.621. The van der Waals surface area contributed by atoms with Gasteiger partial charge >= 0.3 is 0 Å². The van der Waals surface area contributed by atoms with Gasteiger partial charge in [-0.3, -0.25) is 0 Å². The molecule has 2 aromatic heterocycles. The van der Waals surface area contributed by atoms with Gasteiger partial charge in [-0.25, -0.2) is 13.9 Å². The Hall–Kier alpha value is -2.23. The highest BCUT2D eigenvalue weighted by atomic mass is 19.1. The van der Waals surface area contributed by atoms with Crippen molar-refractivity contribution in [1.82, 2.24) is 14.6 Å². The highest BCUT2D eigenvalue weighted by Crippen LogP contribution is 2.19. The lowest BCUT2D eigenvalue weighted by molar-refractivity contribution is 0.628. The van der Waals surface area contributed by atoms with Gasteiger partial charge in [-0.1, -0.05) is 0 Å². The molecule has 0 aliphatic heterocycles. The Bertz CT molecular complexity index is 628. The summed E-state index contributed by atoms with van der Waals surface area (Å²) in [5.74, 6) is -0.241. The van der Waals surface area contributed by atoms with Crippen LogP contribution >= 0.6 is 0 Å². The summed E-state index contributed by atoms with van der Waals surface area (Å²) >= 11 is 0. The van der Waals surface area contributed by atoms with Crippen LogP contribution in [0, 0.1) is 5.82 Å². The van der Waals surface area contributed by atoms with Crippen molar-refractivity contribution in [1.29, 1.82) is 0 Å². The third-order valence-electron chi connectivity index (χ3n) is 2.43. The molecule has 0 saturated heterocycles. The van der Waals surface area contributed by atoms with Crippen molar-refractivity contribution in [3.05, 3.63) is 54.6 Å². The Morgan fingerprint density at radius 3 is 2.56 bits per heavy atom. The van der Waals surface area contributed by atoms with Crippen LogP contribution in [0.25, 0.3) is 16.9 Å². The van der Waals surface area contributed by atoms with E-state index in [2.05, 4.69) is 10.1 Å². The summed E-state index contributed by atoms with van der Waals surface area (Å²) in [7, 11) is 0. The molecule has 3 rings (SSSR count). The fraction of sp³-hybridized carbons (Fsp3) is 0. The minimum Gasteiger partial charge on any atom is -0.237 e. The van der Waals surface area contributed by atoms with E-state index in [-0.39, 0.29) is 5.82 Å². The first kappa shape index (κ1) is 9.03. The van der Waals surface area contributed by atoms with Gasteiger partial charge in [0.05, 0.1) is 11.9 Å². The number of hydrogen-bond acceptors (Lipinski definition) is 2. The molecule has 0 unspecified atom stereocenters. The molecule has 4 heteroatoms. The topological polar surface area (TPSA) is 30.2 Å². The smallest absolute Gasteiger partial charge is 0.155 e. The van der Waals surface area contributed by atoms with Crippen molar-refractivity contribution in [2.24, 2.45) is 0 Å². The molecule has 2 heterocycles. The Morgan fingerprint density at radius 1 is 0.938 bits per heavy atom. The molecule has 0 fully saturated rings. The monoisotopic (exact) mass is 213 g/mol. The third-order valence-corrected chi connectivity index (χ3v) is 2.43. The molecule has 0 N–H and O–H groups in total. The predicted molar refractivity (Wildman–Crippen MR) is 58.4 cm³/mol. The molecule has 0 amide bonds. The minimum absolute atomic E-state index is 0.241. The molecule has 3 nitrogen and oxygen atoms in total. The summed E-state index contributed by atoms with van der Waals surface area (Å²) in [5.41, 5.74) is 2.59. The van der Waals surface area contributed by atoms with E-state index < -0.39 is 0 Å². The molecule has 3 aromatic rings. The second-order valence-corrected chi connectivity index (χ2v) is 3.44. The van der Waals surface area contributed by atoms with Crippen LogP contribution < -0.4 is 0 Å². The predicted octanol–water partition coefficient (Wildman–Crippen LogP) is 2.54. The summed E-state index contributed by atoms with van der Waals surface area (Å²) in [5, 5.41) is 4.18. The second kappa shape index (κ2) is 3.41. The lowest BCUT2D eigenvalue weighted by atomic mass is 10.1. The first-order chi connectivity index (χ1) is 7.84. The lowest BCUT2D eigenvalue weighted by Crippen LogP contribution is -1.94. The molecular formula is C12H8FN3. The zero-order valence-corrected chi connectivity index (χ0v) is 8.34. The molecule has 0 atom stereocenters. The molecule has 0 saturated carbocycles. The molecule has 78 valence electrons. The number of rotatable bonds is 1. The summed E-state index contributed by atoms with van der Waals surface area (Å²) in [6.07, 6.45) is 3.41. The molecular weight excluding hydrogens is 205 g/mol. The van der Waals surface area contributed by atoms with Crippen LogP contribution in [0.3, 0.4) is 0 Å². The van der Waals surface area contributed by atoms with Crippen molar-refractivity contribution in [2.75, 3.05) is 0 Å².